The Bertz CT molecular complexity index is 942. The summed E-state index contributed by atoms with van der Waals surface area (Å²) in [5.74, 6) is -0.917. The fraction of sp³-hybridized carbons (Fsp3) is 0.350. The van der Waals surface area contributed by atoms with Crippen LogP contribution in [-0.4, -0.2) is 31.7 Å². The first-order valence-electron chi connectivity index (χ1n) is 9.20. The quantitative estimate of drug-likeness (QED) is 0.754. The topological polar surface area (TPSA) is 66.5 Å². The number of amides is 1. The standard InChI is InChI=1S/C20H22ClFN2O3S/c21-16-7-10-19(18(22)14-16)23-20(25)11-6-15-4-8-17(9-5-15)28(26,27)24-12-2-1-3-13-24/h4-5,7-10,14H,1-3,6,11-13H2,(H,23,25). The highest BCUT2D eigenvalue weighted by Gasteiger charge is 2.25. The Labute approximate surface area is 169 Å². The average Bonchev–Trinajstić information content (AvgIpc) is 2.69. The van der Waals surface area contributed by atoms with Crippen molar-refractivity contribution in [3.63, 3.8) is 0 Å². The summed E-state index contributed by atoms with van der Waals surface area (Å²) in [5.41, 5.74) is 0.918. The molecule has 0 aliphatic carbocycles. The summed E-state index contributed by atoms with van der Waals surface area (Å²) >= 11 is 5.69. The number of sulfonamides is 1. The van der Waals surface area contributed by atoms with Crippen molar-refractivity contribution in [2.24, 2.45) is 0 Å². The smallest absolute Gasteiger partial charge is 0.243 e. The molecule has 1 N–H and O–H groups in total. The lowest BCUT2D eigenvalue weighted by Gasteiger charge is -2.25. The molecule has 5 nitrogen and oxygen atoms in total. The van der Waals surface area contributed by atoms with Gasteiger partial charge in [0.2, 0.25) is 15.9 Å². The Morgan fingerprint density at radius 3 is 2.39 bits per heavy atom. The van der Waals surface area contributed by atoms with Gasteiger partial charge in [0.05, 0.1) is 10.6 Å². The summed E-state index contributed by atoms with van der Waals surface area (Å²) in [7, 11) is -3.46. The number of carbonyl (C=O) groups is 1. The van der Waals surface area contributed by atoms with Gasteiger partial charge in [-0.25, -0.2) is 12.8 Å². The molecular formula is C20H22ClFN2O3S. The predicted octanol–water partition coefficient (Wildman–Crippen LogP) is 4.23. The van der Waals surface area contributed by atoms with Gasteiger partial charge in [-0.2, -0.15) is 4.31 Å². The van der Waals surface area contributed by atoms with Gasteiger partial charge in [-0.3, -0.25) is 4.79 Å². The van der Waals surface area contributed by atoms with Gasteiger partial charge in [0.25, 0.3) is 0 Å². The maximum Gasteiger partial charge on any atom is 0.243 e. The van der Waals surface area contributed by atoms with E-state index < -0.39 is 15.8 Å². The van der Waals surface area contributed by atoms with Gasteiger partial charge in [-0.1, -0.05) is 30.2 Å². The Morgan fingerprint density at radius 2 is 1.75 bits per heavy atom. The van der Waals surface area contributed by atoms with Gasteiger partial charge in [-0.15, -0.1) is 0 Å². The van der Waals surface area contributed by atoms with Crippen LogP contribution in [0.2, 0.25) is 5.02 Å². The summed E-state index contributed by atoms with van der Waals surface area (Å²) < 4.78 is 40.5. The Hall–Kier alpha value is -1.96. The van der Waals surface area contributed by atoms with Crippen molar-refractivity contribution in [2.75, 3.05) is 18.4 Å². The fourth-order valence-electron chi connectivity index (χ4n) is 3.14. The molecule has 0 bridgehead atoms. The van der Waals surface area contributed by atoms with Crippen molar-refractivity contribution >= 4 is 33.2 Å². The Balaban J connectivity index is 1.57. The first-order chi connectivity index (χ1) is 13.4. The number of carbonyl (C=O) groups excluding carboxylic acids is 1. The van der Waals surface area contributed by atoms with E-state index in [2.05, 4.69) is 5.32 Å². The molecule has 8 heteroatoms. The monoisotopic (exact) mass is 424 g/mol. The highest BCUT2D eigenvalue weighted by molar-refractivity contribution is 7.89. The lowest BCUT2D eigenvalue weighted by atomic mass is 10.1. The predicted molar refractivity (Wildman–Crippen MR) is 107 cm³/mol. The zero-order valence-corrected chi connectivity index (χ0v) is 16.9. The molecule has 150 valence electrons. The van der Waals surface area contributed by atoms with Gasteiger partial charge in [-0.05, 0) is 55.2 Å². The SMILES string of the molecule is O=C(CCc1ccc(S(=O)(=O)N2CCCCC2)cc1)Nc1ccc(Cl)cc1F. The number of aryl methyl sites for hydroxylation is 1. The Kier molecular flexibility index (Phi) is 6.69. The van der Waals surface area contributed by atoms with E-state index in [0.29, 0.717) is 19.5 Å². The second kappa shape index (κ2) is 9.03. The molecule has 1 heterocycles. The largest absolute Gasteiger partial charge is 0.324 e. The minimum Gasteiger partial charge on any atom is -0.324 e. The molecule has 0 saturated carbocycles. The number of benzene rings is 2. The van der Waals surface area contributed by atoms with Crippen LogP contribution in [0.1, 0.15) is 31.2 Å². The van der Waals surface area contributed by atoms with E-state index in [4.69, 9.17) is 11.6 Å². The van der Waals surface area contributed by atoms with Crippen LogP contribution in [0.4, 0.5) is 10.1 Å². The van der Waals surface area contributed by atoms with Gasteiger partial charge < -0.3 is 5.32 Å². The molecule has 0 aromatic heterocycles. The summed E-state index contributed by atoms with van der Waals surface area (Å²) in [6.07, 6.45) is 3.42. The molecule has 1 amide bonds. The van der Waals surface area contributed by atoms with Crippen LogP contribution in [-0.2, 0) is 21.2 Å². The Morgan fingerprint density at radius 1 is 1.07 bits per heavy atom. The van der Waals surface area contributed by atoms with Crippen molar-refractivity contribution in [1.82, 2.24) is 4.31 Å². The lowest BCUT2D eigenvalue weighted by Crippen LogP contribution is -2.35. The van der Waals surface area contributed by atoms with E-state index in [-0.39, 0.29) is 27.9 Å². The van der Waals surface area contributed by atoms with Crippen LogP contribution >= 0.6 is 11.6 Å². The minimum absolute atomic E-state index is 0.0809. The zero-order chi connectivity index (χ0) is 20.1. The summed E-state index contributed by atoms with van der Waals surface area (Å²) in [6.45, 7) is 1.12. The normalized spacial score (nSPS) is 15.4. The summed E-state index contributed by atoms with van der Waals surface area (Å²) in [5, 5.41) is 2.77. The highest BCUT2D eigenvalue weighted by atomic mass is 35.5. The highest BCUT2D eigenvalue weighted by Crippen LogP contribution is 2.22. The van der Waals surface area contributed by atoms with Gasteiger partial charge in [0, 0.05) is 24.5 Å². The maximum atomic E-state index is 13.7. The van der Waals surface area contributed by atoms with Crippen LogP contribution in [0.15, 0.2) is 47.4 Å². The molecule has 3 rings (SSSR count). The van der Waals surface area contributed by atoms with Gasteiger partial charge in [0.15, 0.2) is 0 Å². The van der Waals surface area contributed by atoms with Crippen LogP contribution in [0.25, 0.3) is 0 Å². The van der Waals surface area contributed by atoms with E-state index in [1.165, 1.54) is 16.4 Å². The van der Waals surface area contributed by atoms with E-state index in [9.17, 15) is 17.6 Å². The van der Waals surface area contributed by atoms with Crippen molar-refractivity contribution in [2.45, 2.75) is 37.0 Å². The van der Waals surface area contributed by atoms with E-state index in [0.717, 1.165) is 30.9 Å². The van der Waals surface area contributed by atoms with Gasteiger partial charge >= 0.3 is 0 Å². The summed E-state index contributed by atoms with van der Waals surface area (Å²) in [6, 6.07) is 10.6. The molecule has 0 radical (unpaired) electrons. The first kappa shape index (κ1) is 20.8. The second-order valence-electron chi connectivity index (χ2n) is 6.78. The van der Waals surface area contributed by atoms with E-state index in [1.807, 2.05) is 0 Å². The molecule has 0 atom stereocenters. The summed E-state index contributed by atoms with van der Waals surface area (Å²) in [4.78, 5) is 12.3. The third-order valence-corrected chi connectivity index (χ3v) is 6.87. The number of nitrogens with zero attached hydrogens (tertiary/aromatic N) is 1. The number of rotatable bonds is 6. The fourth-order valence-corrected chi connectivity index (χ4v) is 4.82. The number of halogens is 2. The number of anilines is 1. The number of nitrogens with one attached hydrogen (secondary N) is 1. The molecule has 2 aromatic rings. The van der Waals surface area contributed by atoms with E-state index in [1.54, 1.807) is 24.3 Å². The van der Waals surface area contributed by atoms with Crippen LogP contribution < -0.4 is 5.32 Å². The van der Waals surface area contributed by atoms with Crippen LogP contribution in [0.5, 0.6) is 0 Å². The molecule has 1 aliphatic heterocycles. The van der Waals surface area contributed by atoms with Crippen LogP contribution in [0.3, 0.4) is 0 Å². The third kappa shape index (κ3) is 5.10. The zero-order valence-electron chi connectivity index (χ0n) is 15.3. The first-order valence-corrected chi connectivity index (χ1v) is 11.0. The third-order valence-electron chi connectivity index (χ3n) is 4.72. The maximum absolute atomic E-state index is 13.7. The molecule has 1 fully saturated rings. The number of piperidine rings is 1. The van der Waals surface area contributed by atoms with Crippen LogP contribution in [0, 0.1) is 5.82 Å². The molecular weight excluding hydrogens is 403 g/mol. The van der Waals surface area contributed by atoms with Crippen molar-refractivity contribution < 1.29 is 17.6 Å². The van der Waals surface area contributed by atoms with E-state index >= 15 is 0 Å². The molecule has 2 aromatic carbocycles. The molecule has 28 heavy (non-hydrogen) atoms. The molecule has 1 aliphatic rings. The van der Waals surface area contributed by atoms with Crippen molar-refractivity contribution in [1.29, 1.82) is 0 Å². The molecule has 1 saturated heterocycles. The van der Waals surface area contributed by atoms with Crippen molar-refractivity contribution in [3.05, 3.63) is 58.9 Å². The number of hydrogen-bond donors (Lipinski definition) is 1. The van der Waals surface area contributed by atoms with Gasteiger partial charge in [0.1, 0.15) is 5.82 Å². The minimum atomic E-state index is -3.46. The average molecular weight is 425 g/mol. The second-order valence-corrected chi connectivity index (χ2v) is 9.16. The lowest BCUT2D eigenvalue weighted by molar-refractivity contribution is -0.116. The molecule has 0 unspecified atom stereocenters. The van der Waals surface area contributed by atoms with Crippen molar-refractivity contribution in [3.8, 4) is 0 Å². The molecule has 0 spiro atoms. The number of hydrogen-bond acceptors (Lipinski definition) is 3.